The Bertz CT molecular complexity index is 635. The SMILES string of the molecule is COCCNC(=O)C(=O)N/N=C\c1cc(Br)ccc1OCC(=O)O. The maximum Gasteiger partial charge on any atom is 0.341 e. The maximum absolute atomic E-state index is 11.5. The topological polar surface area (TPSA) is 126 Å². The van der Waals surface area contributed by atoms with Crippen LogP contribution >= 0.6 is 15.9 Å². The number of benzene rings is 1. The van der Waals surface area contributed by atoms with E-state index in [2.05, 4.69) is 31.8 Å². The Morgan fingerprint density at radius 1 is 1.33 bits per heavy atom. The van der Waals surface area contributed by atoms with E-state index in [1.165, 1.54) is 13.3 Å². The van der Waals surface area contributed by atoms with Crippen LogP contribution in [-0.2, 0) is 19.1 Å². The molecule has 0 saturated heterocycles. The molecule has 0 bridgehead atoms. The van der Waals surface area contributed by atoms with E-state index >= 15 is 0 Å². The highest BCUT2D eigenvalue weighted by molar-refractivity contribution is 9.10. The number of carboxylic acids is 1. The molecule has 24 heavy (non-hydrogen) atoms. The average Bonchev–Trinajstić information content (AvgIpc) is 2.53. The smallest absolute Gasteiger partial charge is 0.341 e. The summed E-state index contributed by atoms with van der Waals surface area (Å²) >= 11 is 3.26. The number of hydrogen-bond donors (Lipinski definition) is 3. The van der Waals surface area contributed by atoms with Crippen molar-refractivity contribution in [2.24, 2.45) is 5.10 Å². The Morgan fingerprint density at radius 2 is 2.08 bits per heavy atom. The zero-order valence-electron chi connectivity index (χ0n) is 12.7. The lowest BCUT2D eigenvalue weighted by atomic mass is 10.2. The van der Waals surface area contributed by atoms with E-state index in [0.717, 1.165) is 0 Å². The molecule has 2 amide bonds. The summed E-state index contributed by atoms with van der Waals surface area (Å²) in [5.41, 5.74) is 2.48. The predicted molar refractivity (Wildman–Crippen MR) is 87.9 cm³/mol. The molecule has 0 aliphatic heterocycles. The first-order valence-corrected chi connectivity index (χ1v) is 7.47. The lowest BCUT2D eigenvalue weighted by Gasteiger charge is -2.07. The van der Waals surface area contributed by atoms with Gasteiger partial charge >= 0.3 is 17.8 Å². The van der Waals surface area contributed by atoms with Crippen molar-refractivity contribution in [3.05, 3.63) is 28.2 Å². The zero-order chi connectivity index (χ0) is 17.9. The van der Waals surface area contributed by atoms with Crippen molar-refractivity contribution in [1.29, 1.82) is 0 Å². The van der Waals surface area contributed by atoms with Crippen LogP contribution in [0.3, 0.4) is 0 Å². The predicted octanol–water partition coefficient (Wildman–Crippen LogP) is 0.125. The van der Waals surface area contributed by atoms with Crippen LogP contribution in [0.4, 0.5) is 0 Å². The molecular weight excluding hydrogens is 386 g/mol. The van der Waals surface area contributed by atoms with Crippen molar-refractivity contribution in [2.75, 3.05) is 26.9 Å². The number of carbonyl (C=O) groups is 3. The van der Waals surface area contributed by atoms with E-state index in [1.807, 2.05) is 0 Å². The third-order valence-electron chi connectivity index (χ3n) is 2.49. The van der Waals surface area contributed by atoms with Gasteiger partial charge in [0.2, 0.25) is 0 Å². The molecule has 1 rings (SSSR count). The molecule has 10 heteroatoms. The van der Waals surface area contributed by atoms with Crippen molar-refractivity contribution in [1.82, 2.24) is 10.7 Å². The highest BCUT2D eigenvalue weighted by Gasteiger charge is 2.11. The zero-order valence-corrected chi connectivity index (χ0v) is 14.3. The molecule has 0 heterocycles. The maximum atomic E-state index is 11.5. The third kappa shape index (κ3) is 7.20. The second-order valence-corrected chi connectivity index (χ2v) is 5.23. The molecule has 0 atom stereocenters. The summed E-state index contributed by atoms with van der Waals surface area (Å²) in [4.78, 5) is 33.5. The summed E-state index contributed by atoms with van der Waals surface area (Å²) in [5.74, 6) is -2.64. The molecule has 0 spiro atoms. The number of carboxylic acid groups (broad SMARTS) is 1. The van der Waals surface area contributed by atoms with E-state index in [9.17, 15) is 14.4 Å². The first-order valence-electron chi connectivity index (χ1n) is 6.68. The van der Waals surface area contributed by atoms with Gasteiger partial charge < -0.3 is 19.9 Å². The summed E-state index contributed by atoms with van der Waals surface area (Å²) in [6, 6.07) is 4.83. The van der Waals surface area contributed by atoms with Gasteiger partial charge in [-0.25, -0.2) is 10.2 Å². The number of methoxy groups -OCH3 is 1. The van der Waals surface area contributed by atoms with Crippen LogP contribution in [0.25, 0.3) is 0 Å². The molecule has 1 aromatic rings. The van der Waals surface area contributed by atoms with Gasteiger partial charge in [0.25, 0.3) is 0 Å². The minimum absolute atomic E-state index is 0.200. The number of aliphatic carboxylic acids is 1. The molecule has 130 valence electrons. The Labute approximate surface area is 146 Å². The number of hydrogen-bond acceptors (Lipinski definition) is 6. The number of nitrogens with one attached hydrogen (secondary N) is 2. The van der Waals surface area contributed by atoms with Gasteiger partial charge in [0.1, 0.15) is 5.75 Å². The van der Waals surface area contributed by atoms with Gasteiger partial charge in [-0.05, 0) is 18.2 Å². The summed E-state index contributed by atoms with van der Waals surface area (Å²) in [5, 5.41) is 14.6. The lowest BCUT2D eigenvalue weighted by Crippen LogP contribution is -2.39. The van der Waals surface area contributed by atoms with Crippen LogP contribution < -0.4 is 15.5 Å². The van der Waals surface area contributed by atoms with Crippen molar-refractivity contribution >= 4 is 39.9 Å². The van der Waals surface area contributed by atoms with Crippen LogP contribution in [0.5, 0.6) is 5.75 Å². The standard InChI is InChI=1S/C14H16BrN3O6/c1-23-5-4-16-13(21)14(22)18-17-7-9-6-10(15)2-3-11(9)24-8-12(19)20/h2-3,6-7H,4-5,8H2,1H3,(H,16,21)(H,18,22)(H,19,20)/b17-7-. The van der Waals surface area contributed by atoms with Gasteiger partial charge in [-0.15, -0.1) is 0 Å². The molecule has 0 radical (unpaired) electrons. The molecule has 0 aromatic heterocycles. The lowest BCUT2D eigenvalue weighted by molar-refractivity contribution is -0.139. The second-order valence-electron chi connectivity index (χ2n) is 4.31. The Hall–Kier alpha value is -2.46. The Morgan fingerprint density at radius 3 is 2.75 bits per heavy atom. The number of hydrazone groups is 1. The van der Waals surface area contributed by atoms with Crippen LogP contribution in [0.1, 0.15) is 5.56 Å². The third-order valence-corrected chi connectivity index (χ3v) is 2.98. The Balaban J connectivity index is 2.65. The van der Waals surface area contributed by atoms with Gasteiger partial charge in [-0.2, -0.15) is 5.10 Å². The second kappa shape index (κ2) is 10.3. The summed E-state index contributed by atoms with van der Waals surface area (Å²) in [6.07, 6.45) is 1.24. The molecular formula is C14H16BrN3O6. The monoisotopic (exact) mass is 401 g/mol. The van der Waals surface area contributed by atoms with Crippen LogP contribution in [0.15, 0.2) is 27.8 Å². The molecule has 0 aliphatic rings. The fourth-order valence-corrected chi connectivity index (χ4v) is 1.83. The molecule has 0 saturated carbocycles. The van der Waals surface area contributed by atoms with E-state index in [1.54, 1.807) is 18.2 Å². The first-order chi connectivity index (χ1) is 11.4. The van der Waals surface area contributed by atoms with Gasteiger partial charge in [0.05, 0.1) is 12.8 Å². The quantitative estimate of drug-likeness (QED) is 0.246. The van der Waals surface area contributed by atoms with Gasteiger partial charge in [-0.3, -0.25) is 9.59 Å². The molecule has 0 fully saturated rings. The Kier molecular flexibility index (Phi) is 8.44. The highest BCUT2D eigenvalue weighted by atomic mass is 79.9. The van der Waals surface area contributed by atoms with Gasteiger partial charge in [-0.1, -0.05) is 15.9 Å². The van der Waals surface area contributed by atoms with E-state index < -0.39 is 24.4 Å². The number of amides is 2. The van der Waals surface area contributed by atoms with Crippen LogP contribution in [0.2, 0.25) is 0 Å². The minimum Gasteiger partial charge on any atom is -0.481 e. The van der Waals surface area contributed by atoms with E-state index in [-0.39, 0.29) is 18.9 Å². The normalized spacial score (nSPS) is 10.4. The summed E-state index contributed by atoms with van der Waals surface area (Å²) in [6.45, 7) is -0.0351. The molecule has 0 aliphatic carbocycles. The van der Waals surface area contributed by atoms with Crippen molar-refractivity contribution in [3.63, 3.8) is 0 Å². The van der Waals surface area contributed by atoms with Crippen molar-refractivity contribution in [3.8, 4) is 5.75 Å². The molecule has 1 aromatic carbocycles. The van der Waals surface area contributed by atoms with Crippen LogP contribution in [0, 0.1) is 0 Å². The van der Waals surface area contributed by atoms with Crippen molar-refractivity contribution < 1.29 is 29.0 Å². The fraction of sp³-hybridized carbons (Fsp3) is 0.286. The number of rotatable bonds is 8. The van der Waals surface area contributed by atoms with Gasteiger partial charge in [0.15, 0.2) is 6.61 Å². The molecule has 9 nitrogen and oxygen atoms in total. The first kappa shape index (κ1) is 19.6. The van der Waals surface area contributed by atoms with Crippen molar-refractivity contribution in [2.45, 2.75) is 0 Å². The number of halogens is 1. The van der Waals surface area contributed by atoms with E-state index in [4.69, 9.17) is 14.6 Å². The molecule has 0 unspecified atom stereocenters. The number of ether oxygens (including phenoxy) is 2. The van der Waals surface area contributed by atoms with E-state index in [0.29, 0.717) is 10.0 Å². The minimum atomic E-state index is -1.12. The summed E-state index contributed by atoms with van der Waals surface area (Å²) < 4.78 is 10.5. The van der Waals surface area contributed by atoms with Crippen LogP contribution in [-0.4, -0.2) is 56.0 Å². The largest absolute Gasteiger partial charge is 0.481 e. The average molecular weight is 402 g/mol. The highest BCUT2D eigenvalue weighted by Crippen LogP contribution is 2.21. The number of nitrogens with zero attached hydrogens (tertiary/aromatic N) is 1. The summed E-state index contributed by atoms with van der Waals surface area (Å²) in [7, 11) is 1.47. The fourth-order valence-electron chi connectivity index (χ4n) is 1.45. The van der Waals surface area contributed by atoms with Gasteiger partial charge in [0, 0.05) is 23.7 Å². The molecule has 3 N–H and O–H groups in total. The number of carbonyl (C=O) groups excluding carboxylic acids is 2.